The van der Waals surface area contributed by atoms with E-state index >= 15 is 0 Å². The molecule has 0 atom stereocenters. The van der Waals surface area contributed by atoms with Crippen LogP contribution in [0.25, 0.3) is 0 Å². The molecule has 0 unspecified atom stereocenters. The number of rotatable bonds is 0. The maximum atomic E-state index is 8.25. The van der Waals surface area contributed by atoms with E-state index in [-0.39, 0.29) is 49.6 Å². The van der Waals surface area contributed by atoms with Gasteiger partial charge in [0, 0.05) is 81.7 Å². The van der Waals surface area contributed by atoms with Crippen molar-refractivity contribution < 1.29 is 43.1 Å². The first kappa shape index (κ1) is 49.7. The molecular formula is C25H57CuN9O10. The van der Waals surface area contributed by atoms with E-state index in [1.54, 1.807) is 0 Å². The van der Waals surface area contributed by atoms with Crippen molar-refractivity contribution in [1.82, 2.24) is 26.6 Å². The zero-order valence-corrected chi connectivity index (χ0v) is 28.8. The van der Waals surface area contributed by atoms with E-state index in [2.05, 4.69) is 87.3 Å². The standard InChI is InChI=1S/C25H54N6.Cu.3NO3.H2O/c1-21(2)9-26-15-24(7)17-28-11-22(3,4)12-29-18-25(8,16-27-10-21)20-31-14-23(5,6)13-30-19-24;;3*2-1(3)4;/h26-31H,9-20H2,1-8H3;;;;;1H2/q;+2;3*-1;/p+1. The van der Waals surface area contributed by atoms with E-state index in [1.165, 1.54) is 0 Å². The van der Waals surface area contributed by atoms with Crippen molar-refractivity contribution in [2.75, 3.05) is 78.5 Å². The number of fused-ring (bicyclic) bond motifs is 18. The second kappa shape index (κ2) is 23.2. The van der Waals surface area contributed by atoms with E-state index in [1.807, 2.05) is 0 Å². The van der Waals surface area contributed by atoms with Crippen LogP contribution in [0.1, 0.15) is 55.4 Å². The fourth-order valence-corrected chi connectivity index (χ4v) is 4.92. The smallest absolute Gasteiger partial charge is 0.412 e. The molecule has 0 aromatic carbocycles. The molecule has 2 bridgehead atoms. The number of quaternary nitrogens is 1. The third-order valence-electron chi connectivity index (χ3n) is 7.11. The summed E-state index contributed by atoms with van der Waals surface area (Å²) in [5.41, 5.74) is 1.15. The van der Waals surface area contributed by atoms with E-state index < -0.39 is 15.3 Å². The van der Waals surface area contributed by atoms with Gasteiger partial charge in [-0.3, -0.25) is 0 Å². The summed E-state index contributed by atoms with van der Waals surface area (Å²) in [4.78, 5) is 24.8. The molecule has 3 rings (SSSR count). The van der Waals surface area contributed by atoms with Gasteiger partial charge >= 0.3 is 17.1 Å². The maximum absolute atomic E-state index is 8.25. The number of nitrogens with one attached hydrogen (secondary N) is 5. The molecule has 1 radical (unpaired) electrons. The molecule has 273 valence electrons. The minimum atomic E-state index is -1.75. The third-order valence-corrected chi connectivity index (χ3v) is 7.11. The van der Waals surface area contributed by atoms with Gasteiger partial charge in [-0.05, 0) is 10.8 Å². The molecule has 0 aliphatic carbocycles. The zero-order chi connectivity index (χ0) is 34.0. The average Bonchev–Trinajstić information content (AvgIpc) is 2.76. The van der Waals surface area contributed by atoms with Gasteiger partial charge < -0.3 is 83.3 Å². The summed E-state index contributed by atoms with van der Waals surface area (Å²) in [5.74, 6) is 0. The number of hydrogen-bond donors (Lipinski definition) is 6. The van der Waals surface area contributed by atoms with E-state index in [4.69, 9.17) is 46.0 Å². The van der Waals surface area contributed by atoms with Crippen LogP contribution in [0.4, 0.5) is 0 Å². The van der Waals surface area contributed by atoms with Crippen molar-refractivity contribution in [3.63, 3.8) is 0 Å². The monoisotopic (exact) mass is 706 g/mol. The summed E-state index contributed by atoms with van der Waals surface area (Å²) in [6, 6.07) is 0. The van der Waals surface area contributed by atoms with Crippen LogP contribution >= 0.6 is 0 Å². The summed E-state index contributed by atoms with van der Waals surface area (Å²) in [5, 5.41) is 66.0. The normalized spacial score (nSPS) is 26.7. The Bertz CT molecular complexity index is 685. The van der Waals surface area contributed by atoms with Crippen molar-refractivity contribution in [3.05, 3.63) is 46.0 Å². The topological polar surface area (TPSA) is 307 Å². The van der Waals surface area contributed by atoms with Crippen LogP contribution in [0.15, 0.2) is 0 Å². The summed E-state index contributed by atoms with van der Waals surface area (Å²) >= 11 is 0. The van der Waals surface area contributed by atoms with Crippen molar-refractivity contribution in [2.24, 2.45) is 27.1 Å². The Morgan fingerprint density at radius 3 is 0.933 bits per heavy atom. The van der Waals surface area contributed by atoms with Gasteiger partial charge in [0.2, 0.25) is 0 Å². The third kappa shape index (κ3) is 31.6. The fraction of sp³-hybridized carbons (Fsp3) is 1.00. The van der Waals surface area contributed by atoms with Gasteiger partial charge in [0.15, 0.2) is 0 Å². The quantitative estimate of drug-likeness (QED) is 0.101. The average molecular weight is 707 g/mol. The predicted octanol–water partition coefficient (Wildman–Crippen LogP) is -0.928. The molecule has 0 aromatic rings. The van der Waals surface area contributed by atoms with Gasteiger partial charge in [0.25, 0.3) is 0 Å². The second-order valence-electron chi connectivity index (χ2n) is 14.5. The minimum Gasteiger partial charge on any atom is -0.412 e. The molecule has 0 spiro atoms. The minimum absolute atomic E-state index is 0. The summed E-state index contributed by atoms with van der Waals surface area (Å²) < 4.78 is 0. The largest absolute Gasteiger partial charge is 2.00 e. The predicted molar refractivity (Wildman–Crippen MR) is 168 cm³/mol. The van der Waals surface area contributed by atoms with Crippen LogP contribution < -0.4 is 31.9 Å². The Morgan fingerprint density at radius 2 is 0.667 bits per heavy atom. The Hall–Kier alpha value is -2.16. The van der Waals surface area contributed by atoms with Gasteiger partial charge in [-0.25, -0.2) is 0 Å². The zero-order valence-electron chi connectivity index (χ0n) is 27.9. The first-order valence-corrected chi connectivity index (χ1v) is 14.2. The Morgan fingerprint density at radius 1 is 0.444 bits per heavy atom. The van der Waals surface area contributed by atoms with Gasteiger partial charge in [-0.1, -0.05) is 55.4 Å². The van der Waals surface area contributed by atoms with E-state index in [0.29, 0.717) is 0 Å². The number of nitrogens with zero attached hydrogens (tertiary/aromatic N) is 3. The first-order chi connectivity index (χ1) is 19.4. The van der Waals surface area contributed by atoms with Crippen LogP contribution in [0, 0.1) is 73.0 Å². The molecule has 3 fully saturated rings. The summed E-state index contributed by atoms with van der Waals surface area (Å²) in [7, 11) is 0. The van der Waals surface area contributed by atoms with E-state index in [9.17, 15) is 0 Å². The molecule has 3 heterocycles. The van der Waals surface area contributed by atoms with Crippen LogP contribution in [-0.4, -0.2) is 99.3 Å². The van der Waals surface area contributed by atoms with Crippen LogP contribution in [0.5, 0.6) is 0 Å². The molecule has 3 saturated heterocycles. The molecule has 3 aliphatic heterocycles. The molecule has 20 heteroatoms. The van der Waals surface area contributed by atoms with Gasteiger partial charge in [0.1, 0.15) is 0 Å². The molecule has 19 nitrogen and oxygen atoms in total. The summed E-state index contributed by atoms with van der Waals surface area (Å²) in [6.45, 7) is 31.9. The SMILES string of the molecule is CC1(C)CNCC2(C)CNCC(C)(C)CNCC(C)(CNC1)C[NH2+]CC(C)(C)CNC2.O.O=[N+]([O-])[O-].O=[N+]([O-])[O-].O=[N+]([O-])[O-].[Cu+2]. The van der Waals surface area contributed by atoms with Crippen molar-refractivity contribution in [1.29, 1.82) is 0 Å². The molecule has 9 N–H and O–H groups in total. The number of hydrogen-bond acceptors (Lipinski definition) is 14. The van der Waals surface area contributed by atoms with Crippen LogP contribution in [-0.2, 0) is 17.1 Å². The van der Waals surface area contributed by atoms with Gasteiger partial charge in [-0.2, -0.15) is 0 Å². The number of nitrogens with two attached hydrogens (primary N) is 1. The molecule has 0 saturated carbocycles. The molecule has 3 aliphatic rings. The van der Waals surface area contributed by atoms with Crippen molar-refractivity contribution in [2.45, 2.75) is 55.4 Å². The Labute approximate surface area is 276 Å². The van der Waals surface area contributed by atoms with Crippen LogP contribution in [0.3, 0.4) is 0 Å². The second-order valence-corrected chi connectivity index (χ2v) is 14.5. The van der Waals surface area contributed by atoms with Crippen molar-refractivity contribution >= 4 is 0 Å². The maximum Gasteiger partial charge on any atom is 2.00 e. The molecule has 0 aromatic heterocycles. The van der Waals surface area contributed by atoms with E-state index in [0.717, 1.165) is 78.5 Å². The summed E-state index contributed by atoms with van der Waals surface area (Å²) in [6.07, 6.45) is 0. The van der Waals surface area contributed by atoms with Crippen molar-refractivity contribution in [3.8, 4) is 0 Å². The first-order valence-electron chi connectivity index (χ1n) is 14.2. The molecule has 0 amide bonds. The Kier molecular flexibility index (Phi) is 25.6. The Balaban J connectivity index is -0.000000514. The molecule has 45 heavy (non-hydrogen) atoms. The van der Waals surface area contributed by atoms with Gasteiger partial charge in [0.05, 0.1) is 28.3 Å². The van der Waals surface area contributed by atoms with Crippen LogP contribution in [0.2, 0.25) is 0 Å². The fourth-order valence-electron chi connectivity index (χ4n) is 4.92. The van der Waals surface area contributed by atoms with Gasteiger partial charge in [-0.15, -0.1) is 0 Å². The molecular weight excluding hydrogens is 650 g/mol.